The smallest absolute Gasteiger partial charge is 0.216 e. The number of halogens is 2. The third-order valence-electron chi connectivity index (χ3n) is 2.84. The van der Waals surface area contributed by atoms with Gasteiger partial charge >= 0.3 is 0 Å². The van der Waals surface area contributed by atoms with Gasteiger partial charge in [0.2, 0.25) is 5.95 Å². The number of pyridine rings is 1. The van der Waals surface area contributed by atoms with Crippen molar-refractivity contribution in [2.45, 2.75) is 26.7 Å². The summed E-state index contributed by atoms with van der Waals surface area (Å²) in [6.07, 6.45) is 1.37. The highest BCUT2D eigenvalue weighted by Gasteiger charge is 2.11. The van der Waals surface area contributed by atoms with E-state index in [1.165, 1.54) is 12.3 Å². The molecule has 2 rings (SSSR count). The van der Waals surface area contributed by atoms with Gasteiger partial charge in [0.15, 0.2) is 0 Å². The van der Waals surface area contributed by atoms with Crippen LogP contribution in [0.1, 0.15) is 30.9 Å². The second kappa shape index (κ2) is 5.57. The molecule has 0 spiro atoms. The van der Waals surface area contributed by atoms with Crippen molar-refractivity contribution in [3.8, 4) is 11.5 Å². The number of benzene rings is 1. The van der Waals surface area contributed by atoms with Crippen LogP contribution < -0.4 is 4.74 Å². The normalized spacial score (nSPS) is 10.8. The molecule has 0 aliphatic carbocycles. The number of hydrogen-bond donors (Lipinski definition) is 0. The summed E-state index contributed by atoms with van der Waals surface area (Å²) < 4.78 is 18.7. The number of aryl methyl sites for hydroxylation is 1. The fraction of sp³-hybridized carbons (Fsp3) is 0.267. The Balaban J connectivity index is 2.37. The molecule has 0 aliphatic heterocycles. The minimum absolute atomic E-state index is 0.296. The van der Waals surface area contributed by atoms with E-state index in [2.05, 4.69) is 18.8 Å². The Morgan fingerprint density at radius 1 is 1.26 bits per heavy atom. The Morgan fingerprint density at radius 3 is 2.63 bits per heavy atom. The molecule has 0 saturated heterocycles. The Labute approximate surface area is 117 Å². The minimum atomic E-state index is -0.562. The van der Waals surface area contributed by atoms with E-state index in [1.54, 1.807) is 6.07 Å². The predicted molar refractivity (Wildman–Crippen MR) is 74.5 cm³/mol. The van der Waals surface area contributed by atoms with Crippen LogP contribution in [0, 0.1) is 12.9 Å². The highest BCUT2D eigenvalue weighted by Crippen LogP contribution is 2.33. The summed E-state index contributed by atoms with van der Waals surface area (Å²) in [6, 6.07) is 6.64. The van der Waals surface area contributed by atoms with Crippen LogP contribution in [0.15, 0.2) is 30.5 Å². The quantitative estimate of drug-likeness (QED) is 0.729. The van der Waals surface area contributed by atoms with Gasteiger partial charge in [0, 0.05) is 17.3 Å². The van der Waals surface area contributed by atoms with Gasteiger partial charge in [0.1, 0.15) is 11.5 Å². The lowest BCUT2D eigenvalue weighted by molar-refractivity contribution is 0.468. The molecule has 4 heteroatoms. The van der Waals surface area contributed by atoms with E-state index in [9.17, 15) is 4.39 Å². The number of rotatable bonds is 3. The molecule has 0 atom stereocenters. The van der Waals surface area contributed by atoms with Gasteiger partial charge in [0.05, 0.1) is 0 Å². The van der Waals surface area contributed by atoms with Gasteiger partial charge in [-0.15, -0.1) is 0 Å². The van der Waals surface area contributed by atoms with Crippen molar-refractivity contribution in [1.29, 1.82) is 0 Å². The zero-order valence-corrected chi connectivity index (χ0v) is 11.8. The number of aromatic nitrogens is 1. The minimum Gasteiger partial charge on any atom is -0.457 e. The molecule has 0 N–H and O–H groups in total. The number of nitrogens with zero attached hydrogens (tertiary/aromatic N) is 1. The molecule has 19 heavy (non-hydrogen) atoms. The van der Waals surface area contributed by atoms with Gasteiger partial charge in [-0.05, 0) is 42.2 Å². The average Bonchev–Trinajstić information content (AvgIpc) is 2.32. The highest BCUT2D eigenvalue weighted by molar-refractivity contribution is 6.31. The first-order chi connectivity index (χ1) is 8.97. The largest absolute Gasteiger partial charge is 0.457 e. The van der Waals surface area contributed by atoms with Crippen molar-refractivity contribution in [1.82, 2.24) is 4.98 Å². The zero-order valence-electron chi connectivity index (χ0n) is 11.1. The first-order valence-corrected chi connectivity index (χ1v) is 6.44. The predicted octanol–water partition coefficient (Wildman–Crippen LogP) is 5.10. The van der Waals surface area contributed by atoms with Crippen molar-refractivity contribution in [3.05, 3.63) is 52.6 Å². The summed E-state index contributed by atoms with van der Waals surface area (Å²) >= 11 is 6.20. The fourth-order valence-corrected chi connectivity index (χ4v) is 2.23. The van der Waals surface area contributed by atoms with E-state index in [0.29, 0.717) is 17.4 Å². The molecule has 0 fully saturated rings. The zero-order chi connectivity index (χ0) is 14.0. The van der Waals surface area contributed by atoms with Gasteiger partial charge in [-0.25, -0.2) is 4.98 Å². The lowest BCUT2D eigenvalue weighted by Crippen LogP contribution is -1.95. The second-order valence-electron chi connectivity index (χ2n) is 4.71. The Hall–Kier alpha value is -1.61. The summed E-state index contributed by atoms with van der Waals surface area (Å²) in [6.45, 7) is 6.03. The van der Waals surface area contributed by atoms with Crippen molar-refractivity contribution in [3.63, 3.8) is 0 Å². The lowest BCUT2D eigenvalue weighted by Gasteiger charge is -2.14. The molecule has 0 bridgehead atoms. The van der Waals surface area contributed by atoms with Crippen molar-refractivity contribution >= 4 is 11.6 Å². The molecular weight excluding hydrogens is 265 g/mol. The molecule has 1 aromatic heterocycles. The van der Waals surface area contributed by atoms with E-state index in [0.717, 1.165) is 16.1 Å². The van der Waals surface area contributed by atoms with Crippen LogP contribution in [0.25, 0.3) is 0 Å². The lowest BCUT2D eigenvalue weighted by atomic mass is 10.0. The maximum Gasteiger partial charge on any atom is 0.216 e. The van der Waals surface area contributed by atoms with Gasteiger partial charge in [-0.2, -0.15) is 4.39 Å². The summed E-state index contributed by atoms with van der Waals surface area (Å²) in [7, 11) is 0. The Morgan fingerprint density at radius 2 is 2.00 bits per heavy atom. The third kappa shape index (κ3) is 3.24. The van der Waals surface area contributed by atoms with Crippen LogP contribution in [0.4, 0.5) is 4.39 Å². The SMILES string of the molecule is Cc1cc(Cl)c(C(C)C)cc1Oc1ccnc(F)c1. The molecule has 1 aromatic carbocycles. The summed E-state index contributed by atoms with van der Waals surface area (Å²) in [5.41, 5.74) is 1.92. The second-order valence-corrected chi connectivity index (χ2v) is 5.12. The van der Waals surface area contributed by atoms with E-state index in [1.807, 2.05) is 19.1 Å². The molecule has 100 valence electrons. The first kappa shape index (κ1) is 13.8. The molecular formula is C15H15ClFNO. The van der Waals surface area contributed by atoms with Crippen LogP contribution in [0.3, 0.4) is 0 Å². The molecule has 0 radical (unpaired) electrons. The average molecular weight is 280 g/mol. The first-order valence-electron chi connectivity index (χ1n) is 6.07. The van der Waals surface area contributed by atoms with Crippen LogP contribution in [-0.2, 0) is 0 Å². The van der Waals surface area contributed by atoms with Crippen LogP contribution in [0.5, 0.6) is 11.5 Å². The molecule has 1 heterocycles. The van der Waals surface area contributed by atoms with Crippen molar-refractivity contribution < 1.29 is 9.13 Å². The van der Waals surface area contributed by atoms with Crippen LogP contribution in [0.2, 0.25) is 5.02 Å². The summed E-state index contributed by atoms with van der Waals surface area (Å²) in [5, 5.41) is 0.723. The van der Waals surface area contributed by atoms with Crippen molar-refractivity contribution in [2.75, 3.05) is 0 Å². The maximum absolute atomic E-state index is 13.0. The number of hydrogen-bond acceptors (Lipinski definition) is 2. The Kier molecular flexibility index (Phi) is 4.05. The molecule has 0 amide bonds. The van der Waals surface area contributed by atoms with Crippen LogP contribution >= 0.6 is 11.6 Å². The summed E-state index contributed by atoms with van der Waals surface area (Å²) in [5.74, 6) is 0.837. The van der Waals surface area contributed by atoms with Gasteiger partial charge < -0.3 is 4.74 Å². The topological polar surface area (TPSA) is 22.1 Å². The molecule has 0 aliphatic rings. The molecule has 2 nitrogen and oxygen atoms in total. The van der Waals surface area contributed by atoms with E-state index < -0.39 is 5.95 Å². The van der Waals surface area contributed by atoms with Gasteiger partial charge in [-0.3, -0.25) is 0 Å². The fourth-order valence-electron chi connectivity index (χ4n) is 1.80. The molecule has 0 unspecified atom stereocenters. The summed E-state index contributed by atoms with van der Waals surface area (Å²) in [4.78, 5) is 3.50. The number of ether oxygens (including phenoxy) is 1. The maximum atomic E-state index is 13.0. The van der Waals surface area contributed by atoms with E-state index in [4.69, 9.17) is 16.3 Å². The monoisotopic (exact) mass is 279 g/mol. The van der Waals surface area contributed by atoms with Gasteiger partial charge in [0.25, 0.3) is 0 Å². The van der Waals surface area contributed by atoms with E-state index >= 15 is 0 Å². The molecule has 0 saturated carbocycles. The standard InChI is InChI=1S/C15H15ClFNO/c1-9(2)12-8-14(10(3)6-13(12)16)19-11-4-5-18-15(17)7-11/h4-9H,1-3H3. The highest BCUT2D eigenvalue weighted by atomic mass is 35.5. The Bertz CT molecular complexity index is 599. The van der Waals surface area contributed by atoms with Crippen LogP contribution in [-0.4, -0.2) is 4.98 Å². The molecule has 2 aromatic rings. The van der Waals surface area contributed by atoms with E-state index in [-0.39, 0.29) is 0 Å². The van der Waals surface area contributed by atoms with Gasteiger partial charge in [-0.1, -0.05) is 25.4 Å². The van der Waals surface area contributed by atoms with Crippen molar-refractivity contribution in [2.24, 2.45) is 0 Å². The third-order valence-corrected chi connectivity index (χ3v) is 3.17.